The fraction of sp³-hybridized carbons (Fsp3) is 0.182. The Balaban J connectivity index is 3.04. The zero-order valence-electron chi connectivity index (χ0n) is 9.61. The van der Waals surface area contributed by atoms with Crippen LogP contribution in [0, 0.1) is 0 Å². The monoisotopic (exact) mass is 269 g/mol. The van der Waals surface area contributed by atoms with E-state index in [0.29, 0.717) is 4.90 Å². The minimum absolute atomic E-state index is 0.280. The van der Waals surface area contributed by atoms with Crippen molar-refractivity contribution in [2.45, 2.75) is 0 Å². The lowest BCUT2D eigenvalue weighted by Crippen LogP contribution is -2.39. The van der Waals surface area contributed by atoms with Crippen molar-refractivity contribution >= 4 is 17.8 Å². The number of phenolic OH excluding ortho intramolecular Hbond substituents is 2. The number of hydrogen-bond acceptors (Lipinski definition) is 5. The van der Waals surface area contributed by atoms with Crippen molar-refractivity contribution in [2.24, 2.45) is 0 Å². The molecule has 0 aliphatic carbocycles. The van der Waals surface area contributed by atoms with Crippen molar-refractivity contribution in [3.8, 4) is 11.5 Å². The number of carboxylic acid groups (broad SMARTS) is 2. The van der Waals surface area contributed by atoms with Crippen LogP contribution in [0.15, 0.2) is 18.2 Å². The molecule has 8 nitrogen and oxygen atoms in total. The van der Waals surface area contributed by atoms with E-state index < -0.39 is 36.7 Å². The second-order valence-corrected chi connectivity index (χ2v) is 3.65. The van der Waals surface area contributed by atoms with E-state index in [1.165, 1.54) is 0 Å². The summed E-state index contributed by atoms with van der Waals surface area (Å²) in [6, 6.07) is 3.09. The third-order valence-electron chi connectivity index (χ3n) is 2.15. The topological polar surface area (TPSA) is 135 Å². The second kappa shape index (κ2) is 5.71. The standard InChI is InChI=1S/C11H11NO7/c13-6-1-2-7(8(14)3-6)11(19)12(4-9(15)16)5-10(17)18/h1-3,13-14H,4-5H2,(H,15,16)(H,17,18). The zero-order chi connectivity index (χ0) is 14.6. The van der Waals surface area contributed by atoms with Gasteiger partial charge in [-0.05, 0) is 12.1 Å². The number of carboxylic acids is 2. The van der Waals surface area contributed by atoms with E-state index in [1.807, 2.05) is 0 Å². The molecule has 0 bridgehead atoms. The maximum Gasteiger partial charge on any atom is 0.323 e. The van der Waals surface area contributed by atoms with Crippen LogP contribution in [0.2, 0.25) is 0 Å². The van der Waals surface area contributed by atoms with Gasteiger partial charge in [0.05, 0.1) is 5.56 Å². The number of aromatic hydroxyl groups is 2. The Bertz CT molecular complexity index is 510. The van der Waals surface area contributed by atoms with Gasteiger partial charge >= 0.3 is 11.9 Å². The molecule has 0 saturated heterocycles. The number of hydrogen-bond donors (Lipinski definition) is 4. The lowest BCUT2D eigenvalue weighted by atomic mass is 10.1. The predicted octanol–water partition coefficient (Wildman–Crippen LogP) is -0.291. The van der Waals surface area contributed by atoms with E-state index in [4.69, 9.17) is 15.3 Å². The van der Waals surface area contributed by atoms with Crippen LogP contribution < -0.4 is 0 Å². The Kier molecular flexibility index (Phi) is 4.30. The average Bonchev–Trinajstić information content (AvgIpc) is 2.26. The molecule has 1 rings (SSSR count). The van der Waals surface area contributed by atoms with Crippen LogP contribution in [0.3, 0.4) is 0 Å². The number of rotatable bonds is 5. The van der Waals surface area contributed by atoms with Gasteiger partial charge in [0.15, 0.2) is 0 Å². The maximum absolute atomic E-state index is 11.9. The fourth-order valence-electron chi connectivity index (χ4n) is 1.40. The molecule has 102 valence electrons. The van der Waals surface area contributed by atoms with Gasteiger partial charge < -0.3 is 25.3 Å². The normalized spacial score (nSPS) is 9.89. The molecule has 4 N–H and O–H groups in total. The Morgan fingerprint density at radius 1 is 1.00 bits per heavy atom. The minimum Gasteiger partial charge on any atom is -0.508 e. The molecule has 0 unspecified atom stereocenters. The molecule has 0 spiro atoms. The molecule has 8 heteroatoms. The molecule has 0 aliphatic heterocycles. The first kappa shape index (κ1) is 14.3. The van der Waals surface area contributed by atoms with E-state index in [9.17, 15) is 19.5 Å². The minimum atomic E-state index is -1.38. The quantitative estimate of drug-likeness (QED) is 0.576. The molecule has 1 aromatic rings. The van der Waals surface area contributed by atoms with Crippen molar-refractivity contribution in [3.05, 3.63) is 23.8 Å². The second-order valence-electron chi connectivity index (χ2n) is 3.65. The highest BCUT2D eigenvalue weighted by molar-refractivity contribution is 5.99. The van der Waals surface area contributed by atoms with Gasteiger partial charge in [-0.3, -0.25) is 14.4 Å². The first-order chi connectivity index (χ1) is 8.81. The summed E-state index contributed by atoms with van der Waals surface area (Å²) in [6.07, 6.45) is 0. The molecule has 0 saturated carbocycles. The molecule has 19 heavy (non-hydrogen) atoms. The lowest BCUT2D eigenvalue weighted by molar-refractivity contribution is -0.140. The Hall–Kier alpha value is -2.77. The van der Waals surface area contributed by atoms with Gasteiger partial charge in [-0.1, -0.05) is 0 Å². The molecule has 1 aromatic carbocycles. The van der Waals surface area contributed by atoms with Gasteiger partial charge in [0.25, 0.3) is 5.91 Å². The molecule has 0 aliphatic rings. The first-order valence-electron chi connectivity index (χ1n) is 5.06. The number of amides is 1. The van der Waals surface area contributed by atoms with Gasteiger partial charge in [-0.2, -0.15) is 0 Å². The number of carbonyl (C=O) groups is 3. The van der Waals surface area contributed by atoms with Crippen molar-refractivity contribution < 1.29 is 34.8 Å². The number of phenols is 2. The van der Waals surface area contributed by atoms with E-state index in [0.717, 1.165) is 18.2 Å². The van der Waals surface area contributed by atoms with Crippen molar-refractivity contribution in [1.82, 2.24) is 4.90 Å². The number of nitrogens with zero attached hydrogens (tertiary/aromatic N) is 1. The van der Waals surface area contributed by atoms with Crippen molar-refractivity contribution in [1.29, 1.82) is 0 Å². The first-order valence-corrected chi connectivity index (χ1v) is 5.06. The van der Waals surface area contributed by atoms with Crippen molar-refractivity contribution in [3.63, 3.8) is 0 Å². The third-order valence-corrected chi connectivity index (χ3v) is 2.15. The van der Waals surface area contributed by atoms with Crippen LogP contribution >= 0.6 is 0 Å². The van der Waals surface area contributed by atoms with Crippen LogP contribution in [-0.2, 0) is 9.59 Å². The average molecular weight is 269 g/mol. The van der Waals surface area contributed by atoms with Gasteiger partial charge in [-0.15, -0.1) is 0 Å². The summed E-state index contributed by atoms with van der Waals surface area (Å²) in [6.45, 7) is -1.63. The third kappa shape index (κ3) is 3.87. The largest absolute Gasteiger partial charge is 0.508 e. The summed E-state index contributed by atoms with van der Waals surface area (Å²) >= 11 is 0. The summed E-state index contributed by atoms with van der Waals surface area (Å²) in [5.41, 5.74) is -0.291. The number of carbonyl (C=O) groups excluding carboxylic acids is 1. The highest BCUT2D eigenvalue weighted by Gasteiger charge is 2.23. The summed E-state index contributed by atoms with van der Waals surface area (Å²) < 4.78 is 0. The summed E-state index contributed by atoms with van der Waals surface area (Å²) in [4.78, 5) is 33.6. The van der Waals surface area contributed by atoms with Crippen LogP contribution in [0.4, 0.5) is 0 Å². The van der Waals surface area contributed by atoms with Crippen molar-refractivity contribution in [2.75, 3.05) is 13.1 Å². The lowest BCUT2D eigenvalue weighted by Gasteiger charge is -2.18. The molecule has 0 heterocycles. The Labute approximate surface area is 107 Å². The molecule has 0 fully saturated rings. The highest BCUT2D eigenvalue weighted by atomic mass is 16.4. The maximum atomic E-state index is 11.9. The summed E-state index contributed by atoms with van der Waals surface area (Å²) in [7, 11) is 0. The number of aliphatic carboxylic acids is 2. The van der Waals surface area contributed by atoms with Gasteiger partial charge in [0.2, 0.25) is 0 Å². The van der Waals surface area contributed by atoms with Gasteiger partial charge in [0.1, 0.15) is 24.6 Å². The molecular weight excluding hydrogens is 258 g/mol. The fourth-order valence-corrected chi connectivity index (χ4v) is 1.40. The van der Waals surface area contributed by atoms with Crippen LogP contribution in [0.1, 0.15) is 10.4 Å². The van der Waals surface area contributed by atoms with E-state index in [-0.39, 0.29) is 11.3 Å². The highest BCUT2D eigenvalue weighted by Crippen LogP contribution is 2.23. The molecule has 0 aromatic heterocycles. The SMILES string of the molecule is O=C(O)CN(CC(=O)O)C(=O)c1ccc(O)cc1O. The van der Waals surface area contributed by atoms with Gasteiger partial charge in [0, 0.05) is 6.07 Å². The predicted molar refractivity (Wildman–Crippen MR) is 60.9 cm³/mol. The van der Waals surface area contributed by atoms with Crippen LogP contribution in [-0.4, -0.2) is 56.3 Å². The Morgan fingerprint density at radius 3 is 1.95 bits per heavy atom. The van der Waals surface area contributed by atoms with E-state index in [1.54, 1.807) is 0 Å². The number of benzene rings is 1. The zero-order valence-corrected chi connectivity index (χ0v) is 9.61. The van der Waals surface area contributed by atoms with E-state index >= 15 is 0 Å². The smallest absolute Gasteiger partial charge is 0.323 e. The van der Waals surface area contributed by atoms with E-state index in [2.05, 4.69) is 0 Å². The molecule has 1 amide bonds. The van der Waals surface area contributed by atoms with Crippen LogP contribution in [0.5, 0.6) is 11.5 Å². The van der Waals surface area contributed by atoms with Crippen LogP contribution in [0.25, 0.3) is 0 Å². The summed E-state index contributed by atoms with van der Waals surface area (Å²) in [5.74, 6) is -4.56. The summed E-state index contributed by atoms with van der Waals surface area (Å²) in [5, 5.41) is 35.8. The molecule has 0 atom stereocenters. The molecule has 0 radical (unpaired) electrons. The molecular formula is C11H11NO7. The van der Waals surface area contributed by atoms with Gasteiger partial charge in [-0.25, -0.2) is 0 Å². The Morgan fingerprint density at radius 2 is 1.53 bits per heavy atom.